The van der Waals surface area contributed by atoms with Crippen molar-refractivity contribution >= 4 is 17.9 Å². The molecule has 8 heteroatoms. The molecule has 1 fully saturated rings. The lowest BCUT2D eigenvalue weighted by atomic mass is 9.93. The van der Waals surface area contributed by atoms with Crippen LogP contribution in [0.1, 0.15) is 47.3 Å². The van der Waals surface area contributed by atoms with Gasteiger partial charge in [0.25, 0.3) is 0 Å². The van der Waals surface area contributed by atoms with Crippen molar-refractivity contribution in [1.82, 2.24) is 15.0 Å². The van der Waals surface area contributed by atoms with E-state index in [-0.39, 0.29) is 17.5 Å². The van der Waals surface area contributed by atoms with E-state index in [0.29, 0.717) is 37.8 Å². The Morgan fingerprint density at radius 1 is 1.08 bits per heavy atom. The van der Waals surface area contributed by atoms with Crippen LogP contribution >= 0.6 is 0 Å². The van der Waals surface area contributed by atoms with Gasteiger partial charge in [-0.1, -0.05) is 25.9 Å². The van der Waals surface area contributed by atoms with Crippen LogP contribution in [0.15, 0.2) is 10.6 Å². The van der Waals surface area contributed by atoms with Crippen molar-refractivity contribution < 1.29 is 18.8 Å². The van der Waals surface area contributed by atoms with Crippen LogP contribution in [0.4, 0.5) is 15.4 Å². The van der Waals surface area contributed by atoms with Gasteiger partial charge in [-0.2, -0.15) is 0 Å². The SMILES string of the molecule is CC(C)(C)OC(=O)N1CCN(C(=O)Nc2cc(C(C)(C)C)on2)CC1. The van der Waals surface area contributed by atoms with E-state index in [0.717, 1.165) is 0 Å². The van der Waals surface area contributed by atoms with Gasteiger partial charge in [0, 0.05) is 37.7 Å². The van der Waals surface area contributed by atoms with Crippen LogP contribution in [0.3, 0.4) is 0 Å². The van der Waals surface area contributed by atoms with Crippen molar-refractivity contribution in [3.05, 3.63) is 11.8 Å². The molecule has 0 unspecified atom stereocenters. The molecule has 0 aliphatic carbocycles. The van der Waals surface area contributed by atoms with E-state index in [4.69, 9.17) is 9.26 Å². The Hall–Kier alpha value is -2.25. The van der Waals surface area contributed by atoms with Gasteiger partial charge >= 0.3 is 12.1 Å². The zero-order valence-corrected chi connectivity index (χ0v) is 15.9. The summed E-state index contributed by atoms with van der Waals surface area (Å²) in [7, 11) is 0. The molecule has 1 aromatic rings. The fourth-order valence-electron chi connectivity index (χ4n) is 2.29. The number of aromatic nitrogens is 1. The van der Waals surface area contributed by atoms with E-state index in [1.54, 1.807) is 15.9 Å². The van der Waals surface area contributed by atoms with Gasteiger partial charge in [0.15, 0.2) is 5.82 Å². The number of urea groups is 1. The molecular formula is C17H28N4O4. The Morgan fingerprint density at radius 3 is 2.12 bits per heavy atom. The number of ether oxygens (including phenoxy) is 1. The Kier molecular flexibility index (Phi) is 5.29. The first-order valence-electron chi connectivity index (χ1n) is 8.47. The Balaban J connectivity index is 1.85. The molecule has 0 aromatic carbocycles. The summed E-state index contributed by atoms with van der Waals surface area (Å²) in [5.41, 5.74) is -0.696. The molecule has 140 valence electrons. The summed E-state index contributed by atoms with van der Waals surface area (Å²) < 4.78 is 10.6. The number of carbonyl (C=O) groups excluding carboxylic acids is 2. The zero-order valence-electron chi connectivity index (χ0n) is 15.9. The van der Waals surface area contributed by atoms with Gasteiger partial charge in [0.2, 0.25) is 0 Å². The summed E-state index contributed by atoms with van der Waals surface area (Å²) in [6.07, 6.45) is -0.348. The number of piperazine rings is 1. The maximum absolute atomic E-state index is 12.3. The molecule has 1 aliphatic heterocycles. The Bertz CT molecular complexity index is 619. The van der Waals surface area contributed by atoms with Crippen LogP contribution in [0.2, 0.25) is 0 Å². The first-order valence-corrected chi connectivity index (χ1v) is 8.47. The highest BCUT2D eigenvalue weighted by Crippen LogP contribution is 2.24. The average Bonchev–Trinajstić information content (AvgIpc) is 2.94. The molecule has 0 spiro atoms. The van der Waals surface area contributed by atoms with Gasteiger partial charge in [-0.3, -0.25) is 5.32 Å². The van der Waals surface area contributed by atoms with E-state index >= 15 is 0 Å². The molecule has 8 nitrogen and oxygen atoms in total. The topological polar surface area (TPSA) is 87.9 Å². The number of hydrogen-bond donors (Lipinski definition) is 1. The highest BCUT2D eigenvalue weighted by molar-refractivity contribution is 5.88. The minimum absolute atomic E-state index is 0.172. The third-order valence-electron chi connectivity index (χ3n) is 3.70. The summed E-state index contributed by atoms with van der Waals surface area (Å²) in [6.45, 7) is 13.3. The predicted octanol–water partition coefficient (Wildman–Crippen LogP) is 3.06. The molecule has 0 saturated carbocycles. The smallest absolute Gasteiger partial charge is 0.410 e. The van der Waals surface area contributed by atoms with Crippen LogP contribution in [-0.2, 0) is 10.2 Å². The summed E-state index contributed by atoms with van der Waals surface area (Å²) >= 11 is 0. The summed E-state index contributed by atoms with van der Waals surface area (Å²) in [5.74, 6) is 1.10. The number of anilines is 1. The minimum Gasteiger partial charge on any atom is -0.444 e. The molecule has 3 amide bonds. The molecule has 1 aromatic heterocycles. The van der Waals surface area contributed by atoms with Crippen molar-refractivity contribution in [2.24, 2.45) is 0 Å². The summed E-state index contributed by atoms with van der Waals surface area (Å²) in [6, 6.07) is 1.48. The lowest BCUT2D eigenvalue weighted by Crippen LogP contribution is -2.52. The molecule has 1 N–H and O–H groups in total. The van der Waals surface area contributed by atoms with Crippen molar-refractivity contribution in [3.8, 4) is 0 Å². The maximum Gasteiger partial charge on any atom is 0.410 e. The van der Waals surface area contributed by atoms with Gasteiger partial charge in [-0.05, 0) is 20.8 Å². The van der Waals surface area contributed by atoms with E-state index in [2.05, 4.69) is 10.5 Å². The van der Waals surface area contributed by atoms with Crippen LogP contribution in [0, 0.1) is 0 Å². The molecule has 1 aliphatic rings. The van der Waals surface area contributed by atoms with Crippen LogP contribution in [-0.4, -0.2) is 58.9 Å². The molecular weight excluding hydrogens is 324 g/mol. The number of amides is 3. The lowest BCUT2D eigenvalue weighted by molar-refractivity contribution is 0.0174. The standard InChI is InChI=1S/C17H28N4O4/c1-16(2,3)12-11-13(19-25-12)18-14(22)20-7-9-21(10-8-20)15(23)24-17(4,5)6/h11H,7-10H2,1-6H3,(H,18,19,22). The summed E-state index contributed by atoms with van der Waals surface area (Å²) in [4.78, 5) is 27.6. The van der Waals surface area contributed by atoms with Gasteiger partial charge in [0.05, 0.1) is 0 Å². The third kappa shape index (κ3) is 5.37. The number of hydrogen-bond acceptors (Lipinski definition) is 5. The van der Waals surface area contributed by atoms with Gasteiger partial charge in [-0.25, -0.2) is 9.59 Å². The Morgan fingerprint density at radius 2 is 1.64 bits per heavy atom. The van der Waals surface area contributed by atoms with Crippen molar-refractivity contribution in [2.75, 3.05) is 31.5 Å². The quantitative estimate of drug-likeness (QED) is 0.839. The van der Waals surface area contributed by atoms with E-state index in [9.17, 15) is 9.59 Å². The highest BCUT2D eigenvalue weighted by Gasteiger charge is 2.28. The third-order valence-corrected chi connectivity index (χ3v) is 3.70. The predicted molar refractivity (Wildman–Crippen MR) is 93.6 cm³/mol. The van der Waals surface area contributed by atoms with E-state index < -0.39 is 5.60 Å². The maximum atomic E-state index is 12.3. The first kappa shape index (κ1) is 19.1. The van der Waals surface area contributed by atoms with Crippen molar-refractivity contribution in [2.45, 2.75) is 52.6 Å². The van der Waals surface area contributed by atoms with Crippen LogP contribution in [0.5, 0.6) is 0 Å². The molecule has 1 saturated heterocycles. The van der Waals surface area contributed by atoms with E-state index in [1.807, 2.05) is 41.5 Å². The average molecular weight is 352 g/mol. The van der Waals surface area contributed by atoms with Crippen LogP contribution < -0.4 is 5.32 Å². The molecule has 2 rings (SSSR count). The zero-order chi connectivity index (χ0) is 18.8. The highest BCUT2D eigenvalue weighted by atomic mass is 16.6. The van der Waals surface area contributed by atoms with Crippen LogP contribution in [0.25, 0.3) is 0 Å². The summed E-state index contributed by atoms with van der Waals surface area (Å²) in [5, 5.41) is 6.62. The number of nitrogens with zero attached hydrogens (tertiary/aromatic N) is 3. The second-order valence-electron chi connectivity index (χ2n) is 8.21. The van der Waals surface area contributed by atoms with Crippen molar-refractivity contribution in [1.29, 1.82) is 0 Å². The minimum atomic E-state index is -0.524. The first-order chi connectivity index (χ1) is 11.5. The normalized spacial score (nSPS) is 15.9. The largest absolute Gasteiger partial charge is 0.444 e. The van der Waals surface area contributed by atoms with Gasteiger partial charge in [0.1, 0.15) is 11.4 Å². The Labute approximate surface area is 148 Å². The van der Waals surface area contributed by atoms with Gasteiger partial charge in [-0.15, -0.1) is 0 Å². The molecule has 0 atom stereocenters. The lowest BCUT2D eigenvalue weighted by Gasteiger charge is -2.35. The number of rotatable bonds is 1. The fourth-order valence-corrected chi connectivity index (χ4v) is 2.29. The number of nitrogens with one attached hydrogen (secondary N) is 1. The van der Waals surface area contributed by atoms with E-state index in [1.165, 1.54) is 0 Å². The van der Waals surface area contributed by atoms with Crippen molar-refractivity contribution in [3.63, 3.8) is 0 Å². The molecule has 2 heterocycles. The molecule has 25 heavy (non-hydrogen) atoms. The van der Waals surface area contributed by atoms with Gasteiger partial charge < -0.3 is 19.1 Å². The second-order valence-corrected chi connectivity index (χ2v) is 8.21. The second kappa shape index (κ2) is 6.93. The molecule has 0 bridgehead atoms. The number of carbonyl (C=O) groups is 2. The molecule has 0 radical (unpaired) electrons. The fraction of sp³-hybridized carbons (Fsp3) is 0.706. The monoisotopic (exact) mass is 352 g/mol.